The minimum absolute atomic E-state index is 0.00982. The minimum atomic E-state index is -0.0865. The van der Waals surface area contributed by atoms with E-state index in [0.717, 1.165) is 11.3 Å². The molecule has 2 aromatic rings. The Hall–Kier alpha value is -2.23. The maximum atomic E-state index is 12.1. The first-order valence-electron chi connectivity index (χ1n) is 6.25. The maximum absolute atomic E-state index is 12.1. The van der Waals surface area contributed by atoms with Gasteiger partial charge in [0.2, 0.25) is 0 Å². The smallest absolute Gasteiger partial charge is 0.251 e. The molecule has 0 saturated heterocycles. The van der Waals surface area contributed by atoms with Crippen molar-refractivity contribution in [2.45, 2.75) is 26.3 Å². The van der Waals surface area contributed by atoms with Gasteiger partial charge in [0.1, 0.15) is 5.76 Å². The van der Waals surface area contributed by atoms with Crippen LogP contribution >= 0.6 is 0 Å². The highest BCUT2D eigenvalue weighted by molar-refractivity contribution is 5.96. The molecule has 1 amide bonds. The number of benzene rings is 1. The van der Waals surface area contributed by atoms with Crippen LogP contribution < -0.4 is 11.1 Å². The lowest BCUT2D eigenvalue weighted by molar-refractivity contribution is 0.0938. The second-order valence-electron chi connectivity index (χ2n) is 4.73. The average Bonchev–Trinajstić information content (AvgIpc) is 2.81. The zero-order valence-corrected chi connectivity index (χ0v) is 11.1. The summed E-state index contributed by atoms with van der Waals surface area (Å²) in [7, 11) is 0. The van der Waals surface area contributed by atoms with Gasteiger partial charge < -0.3 is 15.5 Å². The van der Waals surface area contributed by atoms with E-state index in [2.05, 4.69) is 5.32 Å². The van der Waals surface area contributed by atoms with Gasteiger partial charge in [-0.15, -0.1) is 0 Å². The quantitative estimate of drug-likeness (QED) is 0.828. The zero-order chi connectivity index (χ0) is 13.8. The number of nitrogen functional groups attached to an aromatic ring is 1. The number of hydrogen-bond acceptors (Lipinski definition) is 3. The molecule has 4 heteroatoms. The van der Waals surface area contributed by atoms with Gasteiger partial charge in [0, 0.05) is 23.7 Å². The minimum Gasteiger partial charge on any atom is -0.469 e. The van der Waals surface area contributed by atoms with Gasteiger partial charge in [-0.3, -0.25) is 4.79 Å². The molecule has 0 radical (unpaired) electrons. The van der Waals surface area contributed by atoms with Gasteiger partial charge in [0.15, 0.2) is 0 Å². The third-order valence-electron chi connectivity index (χ3n) is 2.96. The van der Waals surface area contributed by atoms with Gasteiger partial charge in [0.25, 0.3) is 5.91 Å². The first kappa shape index (κ1) is 13.2. The average molecular weight is 258 g/mol. The van der Waals surface area contributed by atoms with Crippen molar-refractivity contribution in [2.24, 2.45) is 0 Å². The number of nitrogens with two attached hydrogens (primary N) is 1. The summed E-state index contributed by atoms with van der Waals surface area (Å²) in [5.41, 5.74) is 7.87. The Balaban J connectivity index is 2.00. The number of anilines is 1. The molecular weight excluding hydrogens is 240 g/mol. The van der Waals surface area contributed by atoms with Crippen LogP contribution in [0.3, 0.4) is 0 Å². The van der Waals surface area contributed by atoms with E-state index in [1.54, 1.807) is 24.5 Å². The lowest BCUT2D eigenvalue weighted by atomic mass is 10.1. The maximum Gasteiger partial charge on any atom is 0.251 e. The van der Waals surface area contributed by atoms with E-state index in [1.807, 2.05) is 26.0 Å². The molecule has 0 bridgehead atoms. The van der Waals surface area contributed by atoms with Gasteiger partial charge in [-0.05, 0) is 49.7 Å². The summed E-state index contributed by atoms with van der Waals surface area (Å²) in [6, 6.07) is 9.03. The van der Waals surface area contributed by atoms with Gasteiger partial charge in [-0.25, -0.2) is 0 Å². The molecule has 4 nitrogen and oxygen atoms in total. The van der Waals surface area contributed by atoms with E-state index < -0.39 is 0 Å². The third-order valence-corrected chi connectivity index (χ3v) is 2.96. The van der Waals surface area contributed by atoms with Crippen molar-refractivity contribution in [2.75, 3.05) is 5.73 Å². The molecule has 0 aliphatic heterocycles. The molecule has 1 aromatic carbocycles. The van der Waals surface area contributed by atoms with E-state index in [9.17, 15) is 4.79 Å². The van der Waals surface area contributed by atoms with Crippen molar-refractivity contribution in [3.63, 3.8) is 0 Å². The molecule has 3 N–H and O–H groups in total. The first-order chi connectivity index (χ1) is 9.06. The van der Waals surface area contributed by atoms with Crippen molar-refractivity contribution in [1.29, 1.82) is 0 Å². The van der Waals surface area contributed by atoms with Crippen molar-refractivity contribution in [3.8, 4) is 0 Å². The summed E-state index contributed by atoms with van der Waals surface area (Å²) < 4.78 is 5.26. The molecule has 2 rings (SSSR count). The predicted molar refractivity (Wildman–Crippen MR) is 74.9 cm³/mol. The number of furan rings is 1. The number of hydrogen-bond donors (Lipinski definition) is 2. The highest BCUT2D eigenvalue weighted by Gasteiger charge is 2.13. The second kappa shape index (κ2) is 5.61. The summed E-state index contributed by atoms with van der Waals surface area (Å²) >= 11 is 0. The molecule has 19 heavy (non-hydrogen) atoms. The van der Waals surface area contributed by atoms with Crippen molar-refractivity contribution < 1.29 is 9.21 Å². The standard InChI is InChI=1S/C15H18N2O2/c1-10-8-12(16)5-6-14(10)15(18)17-11(2)9-13-4-3-7-19-13/h3-8,11H,9,16H2,1-2H3,(H,17,18). The molecule has 0 spiro atoms. The molecule has 1 heterocycles. The molecule has 1 aromatic heterocycles. The van der Waals surface area contributed by atoms with Crippen LogP contribution in [0.2, 0.25) is 0 Å². The summed E-state index contributed by atoms with van der Waals surface area (Å²) in [5, 5.41) is 2.95. The summed E-state index contributed by atoms with van der Waals surface area (Å²) in [6.45, 7) is 3.83. The van der Waals surface area contributed by atoms with Gasteiger partial charge >= 0.3 is 0 Å². The first-order valence-corrected chi connectivity index (χ1v) is 6.25. The van der Waals surface area contributed by atoms with Crippen LogP contribution in [0.4, 0.5) is 5.69 Å². The Kier molecular flexibility index (Phi) is 3.90. The number of aryl methyl sites for hydroxylation is 1. The SMILES string of the molecule is Cc1cc(N)ccc1C(=O)NC(C)Cc1ccco1. The van der Waals surface area contributed by atoms with Gasteiger partial charge in [-0.2, -0.15) is 0 Å². The van der Waals surface area contributed by atoms with Crippen LogP contribution in [0.5, 0.6) is 0 Å². The van der Waals surface area contributed by atoms with Crippen LogP contribution in [0.25, 0.3) is 0 Å². The molecule has 1 unspecified atom stereocenters. The fraction of sp³-hybridized carbons (Fsp3) is 0.267. The number of carbonyl (C=O) groups is 1. The Bertz CT molecular complexity index is 562. The Morgan fingerprint density at radius 2 is 2.21 bits per heavy atom. The Morgan fingerprint density at radius 3 is 2.84 bits per heavy atom. The zero-order valence-electron chi connectivity index (χ0n) is 11.1. The van der Waals surface area contributed by atoms with Crippen LogP contribution in [0.1, 0.15) is 28.6 Å². The molecule has 0 saturated carbocycles. The lowest BCUT2D eigenvalue weighted by Crippen LogP contribution is -2.34. The van der Waals surface area contributed by atoms with Crippen LogP contribution in [0, 0.1) is 6.92 Å². The summed E-state index contributed by atoms with van der Waals surface area (Å²) in [6.07, 6.45) is 2.31. The van der Waals surface area contributed by atoms with E-state index in [4.69, 9.17) is 10.2 Å². The number of nitrogens with one attached hydrogen (secondary N) is 1. The molecular formula is C15H18N2O2. The molecule has 0 aliphatic rings. The van der Waals surface area contributed by atoms with Crippen molar-refractivity contribution in [1.82, 2.24) is 5.32 Å². The monoisotopic (exact) mass is 258 g/mol. The normalized spacial score (nSPS) is 12.1. The fourth-order valence-corrected chi connectivity index (χ4v) is 2.02. The lowest BCUT2D eigenvalue weighted by Gasteiger charge is -2.14. The van der Waals surface area contributed by atoms with Gasteiger partial charge in [-0.1, -0.05) is 0 Å². The Labute approximate surface area is 112 Å². The van der Waals surface area contributed by atoms with Crippen LogP contribution in [0.15, 0.2) is 41.0 Å². The highest BCUT2D eigenvalue weighted by Crippen LogP contribution is 2.13. The van der Waals surface area contributed by atoms with E-state index in [1.165, 1.54) is 0 Å². The number of rotatable bonds is 4. The topological polar surface area (TPSA) is 68.3 Å². The number of amides is 1. The summed E-state index contributed by atoms with van der Waals surface area (Å²) in [5.74, 6) is 0.776. The van der Waals surface area contributed by atoms with E-state index in [0.29, 0.717) is 17.7 Å². The van der Waals surface area contributed by atoms with E-state index >= 15 is 0 Å². The number of carbonyl (C=O) groups excluding carboxylic acids is 1. The predicted octanol–water partition coefficient (Wildman–Crippen LogP) is 2.53. The fourth-order valence-electron chi connectivity index (χ4n) is 2.02. The third kappa shape index (κ3) is 3.37. The van der Waals surface area contributed by atoms with Crippen molar-refractivity contribution in [3.05, 3.63) is 53.5 Å². The molecule has 100 valence electrons. The van der Waals surface area contributed by atoms with Gasteiger partial charge in [0.05, 0.1) is 6.26 Å². The molecule has 1 atom stereocenters. The second-order valence-corrected chi connectivity index (χ2v) is 4.73. The van der Waals surface area contributed by atoms with Crippen molar-refractivity contribution >= 4 is 11.6 Å². The molecule has 0 fully saturated rings. The summed E-state index contributed by atoms with van der Waals surface area (Å²) in [4.78, 5) is 12.1. The largest absolute Gasteiger partial charge is 0.469 e. The van der Waals surface area contributed by atoms with E-state index in [-0.39, 0.29) is 11.9 Å². The molecule has 0 aliphatic carbocycles. The Morgan fingerprint density at radius 1 is 1.42 bits per heavy atom. The highest BCUT2D eigenvalue weighted by atomic mass is 16.3. The van der Waals surface area contributed by atoms with Crippen LogP contribution in [-0.4, -0.2) is 11.9 Å². The van der Waals surface area contributed by atoms with Crippen LogP contribution in [-0.2, 0) is 6.42 Å².